The van der Waals surface area contributed by atoms with Gasteiger partial charge in [-0.25, -0.2) is 0 Å². The molecule has 0 saturated heterocycles. The Balaban J connectivity index is 5.34. The molecule has 0 spiro atoms. The van der Waals surface area contributed by atoms with E-state index in [1.54, 1.807) is 0 Å². The molecular formula is C12H8F18OSn. The van der Waals surface area contributed by atoms with Crippen LogP contribution in [0, 0.1) is 0 Å². The van der Waals surface area contributed by atoms with Crippen molar-refractivity contribution in [3.05, 3.63) is 0 Å². The van der Waals surface area contributed by atoms with Crippen LogP contribution in [0.3, 0.4) is 0 Å². The Labute approximate surface area is 172 Å². The Hall–Kier alpha value is -0.661. The summed E-state index contributed by atoms with van der Waals surface area (Å²) >= 11 is -5.30. The van der Waals surface area contributed by atoms with Crippen LogP contribution in [0.25, 0.3) is 0 Å². The van der Waals surface area contributed by atoms with E-state index in [2.05, 4.69) is 0 Å². The van der Waals surface area contributed by atoms with Crippen molar-refractivity contribution in [2.75, 3.05) is 0 Å². The van der Waals surface area contributed by atoms with Gasteiger partial charge in [0, 0.05) is 0 Å². The van der Waals surface area contributed by atoms with Gasteiger partial charge in [0.15, 0.2) is 0 Å². The molecule has 0 aromatic rings. The molecule has 192 valence electrons. The molecule has 0 N–H and O–H groups in total. The van der Waals surface area contributed by atoms with Crippen LogP contribution in [0.4, 0.5) is 79.0 Å². The maximum absolute atomic E-state index is 13.2. The summed E-state index contributed by atoms with van der Waals surface area (Å²) in [4.78, 5) is 0. The van der Waals surface area contributed by atoms with E-state index in [0.29, 0.717) is 0 Å². The number of hydrogen-bond acceptors (Lipinski definition) is 1. The fourth-order valence-electron chi connectivity index (χ4n) is 1.85. The second-order valence-corrected chi connectivity index (χ2v) is 12.2. The molecule has 0 unspecified atom stereocenters. The second kappa shape index (κ2) is 8.84. The minimum atomic E-state index is -7.31. The van der Waals surface area contributed by atoms with E-state index in [-0.39, 0.29) is 0 Å². The van der Waals surface area contributed by atoms with Crippen LogP contribution in [-0.4, -0.2) is 67.6 Å². The third-order valence-corrected chi connectivity index (χ3v) is 8.47. The van der Waals surface area contributed by atoms with E-state index in [9.17, 15) is 82.1 Å². The number of halogens is 18. The molecule has 0 radical (unpaired) electrons. The molecule has 20 heteroatoms. The van der Waals surface area contributed by atoms with Gasteiger partial charge in [0.2, 0.25) is 0 Å². The summed E-state index contributed by atoms with van der Waals surface area (Å²) in [5.41, 5.74) is 0. The molecule has 0 aromatic carbocycles. The second-order valence-electron chi connectivity index (χ2n) is 6.24. The first-order chi connectivity index (χ1) is 13.6. The average molecular weight is 629 g/mol. The summed E-state index contributed by atoms with van der Waals surface area (Å²) in [6.45, 7) is 0. The number of alkyl halides is 18. The third kappa shape index (κ3) is 5.52. The van der Waals surface area contributed by atoms with Crippen molar-refractivity contribution < 1.29 is 82.1 Å². The fourth-order valence-corrected chi connectivity index (χ4v) is 5.94. The molecule has 0 amide bonds. The zero-order valence-electron chi connectivity index (χ0n) is 14.5. The van der Waals surface area contributed by atoms with Gasteiger partial charge in [-0.1, -0.05) is 0 Å². The van der Waals surface area contributed by atoms with Crippen LogP contribution < -0.4 is 0 Å². The van der Waals surface area contributed by atoms with E-state index in [1.807, 2.05) is 0 Å². The van der Waals surface area contributed by atoms with Crippen molar-refractivity contribution in [3.8, 4) is 0 Å². The van der Waals surface area contributed by atoms with E-state index < -0.39 is 89.3 Å². The zero-order chi connectivity index (χ0) is 26.4. The van der Waals surface area contributed by atoms with Crippen LogP contribution in [0.2, 0.25) is 8.87 Å². The molecule has 0 aromatic heterocycles. The fraction of sp³-hybridized carbons (Fsp3) is 1.00. The summed E-state index contributed by atoms with van der Waals surface area (Å²) in [6, 6.07) is 0. The summed E-state index contributed by atoms with van der Waals surface area (Å²) in [5, 5.41) is 0. The van der Waals surface area contributed by atoms with Gasteiger partial charge in [-0.3, -0.25) is 0 Å². The van der Waals surface area contributed by atoms with E-state index in [4.69, 9.17) is 0 Å². The van der Waals surface area contributed by atoms with Crippen molar-refractivity contribution in [1.82, 2.24) is 0 Å². The van der Waals surface area contributed by atoms with Gasteiger partial charge < -0.3 is 0 Å². The molecule has 0 aliphatic carbocycles. The Morgan fingerprint density at radius 2 is 0.625 bits per heavy atom. The predicted octanol–water partition coefficient (Wildman–Crippen LogP) is 7.13. The molecule has 0 fully saturated rings. The van der Waals surface area contributed by atoms with Gasteiger partial charge in [-0.2, -0.15) is 0 Å². The van der Waals surface area contributed by atoms with Crippen molar-refractivity contribution >= 4 is 19.7 Å². The van der Waals surface area contributed by atoms with Gasteiger partial charge in [0.1, 0.15) is 0 Å². The molecule has 0 bridgehead atoms. The topological polar surface area (TPSA) is 17.1 Å². The van der Waals surface area contributed by atoms with Gasteiger partial charge in [0.25, 0.3) is 0 Å². The zero-order valence-corrected chi connectivity index (χ0v) is 17.4. The van der Waals surface area contributed by atoms with Gasteiger partial charge >= 0.3 is 171 Å². The van der Waals surface area contributed by atoms with Gasteiger partial charge in [-0.05, 0) is 0 Å². The van der Waals surface area contributed by atoms with Gasteiger partial charge in [-0.15, -0.1) is 0 Å². The van der Waals surface area contributed by atoms with Crippen molar-refractivity contribution in [2.24, 2.45) is 0 Å². The molecule has 0 heterocycles. The maximum atomic E-state index is 13.2. The quantitative estimate of drug-likeness (QED) is 0.186. The van der Waals surface area contributed by atoms with E-state index >= 15 is 0 Å². The van der Waals surface area contributed by atoms with E-state index in [1.165, 1.54) is 0 Å². The SMILES string of the molecule is [O]=[Sn]([CH2]CC(F)(F)C(F)(F)C(F)(F)C(F)(F)F)[CH2]CC(F)(F)C(F)(F)C(F)(F)C(F)(F)F. The number of hydrogen-bond donors (Lipinski definition) is 0. The standard InChI is InChI=1S/2C6H4F9.O.Sn/c2*1-2-3(7,8)4(9,10)5(11,12)6(13,14)15;;/h2*1-2H2;;. The van der Waals surface area contributed by atoms with Crippen LogP contribution >= 0.6 is 0 Å². The molecule has 0 saturated carbocycles. The molecule has 1 nitrogen and oxygen atoms in total. The average Bonchev–Trinajstić information content (AvgIpc) is 2.55. The summed E-state index contributed by atoms with van der Waals surface area (Å²) < 4.78 is 234. The summed E-state index contributed by atoms with van der Waals surface area (Å²) in [5.74, 6) is -41.4. The van der Waals surface area contributed by atoms with Crippen LogP contribution in [0.15, 0.2) is 0 Å². The van der Waals surface area contributed by atoms with Crippen molar-refractivity contribution in [1.29, 1.82) is 0 Å². The van der Waals surface area contributed by atoms with Crippen LogP contribution in [0.1, 0.15) is 12.8 Å². The van der Waals surface area contributed by atoms with Crippen LogP contribution in [-0.2, 0) is 3.08 Å². The third-order valence-electron chi connectivity index (χ3n) is 3.86. The van der Waals surface area contributed by atoms with Crippen molar-refractivity contribution in [2.45, 2.75) is 69.6 Å². The molecule has 0 atom stereocenters. The minimum absolute atomic E-state index is 1.95. The normalized spacial score (nSPS) is 15.8. The summed E-state index contributed by atoms with van der Waals surface area (Å²) in [7, 11) is 0. The molecular weight excluding hydrogens is 621 g/mol. The van der Waals surface area contributed by atoms with Gasteiger partial charge in [0.05, 0.1) is 0 Å². The molecule has 0 rings (SSSR count). The molecule has 0 aliphatic rings. The first-order valence-electron chi connectivity index (χ1n) is 7.52. The Morgan fingerprint density at radius 1 is 0.406 bits per heavy atom. The predicted molar refractivity (Wildman–Crippen MR) is 67.1 cm³/mol. The molecule has 0 aliphatic heterocycles. The first-order valence-corrected chi connectivity index (χ1v) is 12.7. The van der Waals surface area contributed by atoms with Crippen LogP contribution in [0.5, 0.6) is 0 Å². The van der Waals surface area contributed by atoms with Crippen molar-refractivity contribution in [3.63, 3.8) is 0 Å². The Bertz CT molecular complexity index is 618. The number of rotatable bonds is 10. The Morgan fingerprint density at radius 3 is 0.812 bits per heavy atom. The first kappa shape index (κ1) is 31.3. The van der Waals surface area contributed by atoms with E-state index in [0.717, 1.165) is 0 Å². The summed E-state index contributed by atoms with van der Waals surface area (Å²) in [6.07, 6.45) is -19.9. The Kier molecular flexibility index (Phi) is 8.66. The monoisotopic (exact) mass is 630 g/mol. The molecule has 32 heavy (non-hydrogen) atoms.